The molecule has 1 aromatic heterocycles. The van der Waals surface area contributed by atoms with Gasteiger partial charge in [-0.15, -0.1) is 0 Å². The molecule has 0 N–H and O–H groups in total. The molecule has 2 aromatic rings. The number of benzene rings is 1. The number of carbonyl (C=O) groups is 1. The molecule has 0 spiro atoms. The Morgan fingerprint density at radius 3 is 2.62 bits per heavy atom. The van der Waals surface area contributed by atoms with Gasteiger partial charge in [-0.2, -0.15) is 0 Å². The number of rotatable bonds is 3. The lowest BCUT2D eigenvalue weighted by Gasteiger charge is -2.08. The molecule has 0 saturated carbocycles. The van der Waals surface area contributed by atoms with Crippen LogP contribution in [0, 0.1) is 0 Å². The number of hydrogen-bond donors (Lipinski definition) is 0. The van der Waals surface area contributed by atoms with Gasteiger partial charge in [0, 0.05) is 28.0 Å². The fourth-order valence-electron chi connectivity index (χ4n) is 1.43. The third-order valence-corrected chi connectivity index (χ3v) is 2.95. The Morgan fingerprint density at radius 2 is 2.00 bits per heavy atom. The number of carbonyl (C=O) groups excluding carboxylic acids is 1. The molecule has 0 aliphatic carbocycles. The largest absolute Gasteiger partial charge is 0.324 e. The summed E-state index contributed by atoms with van der Waals surface area (Å²) in [7, 11) is 0. The van der Waals surface area contributed by atoms with Crippen LogP contribution in [0.15, 0.2) is 30.6 Å². The first-order valence-electron chi connectivity index (χ1n) is 4.61. The molecule has 5 heteroatoms. The van der Waals surface area contributed by atoms with Crippen molar-refractivity contribution in [3.8, 4) is 0 Å². The Bertz CT molecular complexity index is 502. The van der Waals surface area contributed by atoms with Crippen LogP contribution in [0.5, 0.6) is 0 Å². The molecule has 0 unspecified atom stereocenters. The maximum absolute atomic E-state index is 10.7. The van der Waals surface area contributed by atoms with Crippen LogP contribution >= 0.6 is 23.2 Å². The first-order chi connectivity index (χ1) is 7.72. The monoisotopic (exact) mass is 254 g/mol. The highest BCUT2D eigenvalue weighted by atomic mass is 35.5. The highest BCUT2D eigenvalue weighted by molar-refractivity contribution is 6.35. The van der Waals surface area contributed by atoms with Gasteiger partial charge in [-0.05, 0) is 12.1 Å². The van der Waals surface area contributed by atoms with Gasteiger partial charge < -0.3 is 4.57 Å². The SMILES string of the molecule is O=Cc1nccn1Cc1c(Cl)cccc1Cl. The summed E-state index contributed by atoms with van der Waals surface area (Å²) in [6.07, 6.45) is 3.97. The van der Waals surface area contributed by atoms with Crippen LogP contribution in [0.3, 0.4) is 0 Å². The number of imidazole rings is 1. The maximum Gasteiger partial charge on any atom is 0.185 e. The summed E-state index contributed by atoms with van der Waals surface area (Å²) >= 11 is 12.1. The third kappa shape index (κ3) is 2.10. The summed E-state index contributed by atoms with van der Waals surface area (Å²) < 4.78 is 1.69. The van der Waals surface area contributed by atoms with Gasteiger partial charge >= 0.3 is 0 Å². The lowest BCUT2D eigenvalue weighted by atomic mass is 10.2. The van der Waals surface area contributed by atoms with Crippen LogP contribution in [0.25, 0.3) is 0 Å². The molecule has 0 atom stereocenters. The molecule has 1 heterocycles. The van der Waals surface area contributed by atoms with Gasteiger partial charge in [-0.1, -0.05) is 29.3 Å². The van der Waals surface area contributed by atoms with Crippen LogP contribution in [0.1, 0.15) is 16.2 Å². The second-order valence-electron chi connectivity index (χ2n) is 3.23. The molecule has 16 heavy (non-hydrogen) atoms. The molecule has 1 aromatic carbocycles. The van der Waals surface area contributed by atoms with Gasteiger partial charge in [0.25, 0.3) is 0 Å². The van der Waals surface area contributed by atoms with E-state index in [1.165, 1.54) is 0 Å². The van der Waals surface area contributed by atoms with Crippen LogP contribution in [0.2, 0.25) is 10.0 Å². The summed E-state index contributed by atoms with van der Waals surface area (Å²) in [5.74, 6) is 0.357. The van der Waals surface area contributed by atoms with Crippen molar-refractivity contribution in [1.82, 2.24) is 9.55 Å². The smallest absolute Gasteiger partial charge is 0.185 e. The summed E-state index contributed by atoms with van der Waals surface area (Å²) in [5.41, 5.74) is 0.784. The van der Waals surface area contributed by atoms with E-state index in [2.05, 4.69) is 4.98 Å². The van der Waals surface area contributed by atoms with Gasteiger partial charge in [0.05, 0.1) is 6.54 Å². The second-order valence-corrected chi connectivity index (χ2v) is 4.05. The minimum absolute atomic E-state index is 0.357. The first kappa shape index (κ1) is 11.2. The minimum atomic E-state index is 0.357. The summed E-state index contributed by atoms with van der Waals surface area (Å²) in [6, 6.07) is 5.31. The highest BCUT2D eigenvalue weighted by Crippen LogP contribution is 2.25. The molecule has 0 amide bonds. The zero-order valence-electron chi connectivity index (χ0n) is 8.23. The van der Waals surface area contributed by atoms with Crippen molar-refractivity contribution >= 4 is 29.5 Å². The van der Waals surface area contributed by atoms with E-state index in [-0.39, 0.29) is 0 Å². The average Bonchev–Trinajstić information content (AvgIpc) is 2.71. The van der Waals surface area contributed by atoms with E-state index < -0.39 is 0 Å². The number of halogens is 2. The summed E-state index contributed by atoms with van der Waals surface area (Å²) in [5, 5.41) is 1.16. The molecular formula is C11H8Cl2N2O. The molecule has 0 aliphatic heterocycles. The van der Waals surface area contributed by atoms with Crippen molar-refractivity contribution in [2.75, 3.05) is 0 Å². The predicted octanol–water partition coefficient (Wildman–Crippen LogP) is 3.05. The highest BCUT2D eigenvalue weighted by Gasteiger charge is 2.08. The quantitative estimate of drug-likeness (QED) is 0.790. The lowest BCUT2D eigenvalue weighted by molar-refractivity contribution is 0.111. The Labute approximate surface area is 103 Å². The van der Waals surface area contributed by atoms with E-state index in [1.54, 1.807) is 35.2 Å². The minimum Gasteiger partial charge on any atom is -0.324 e. The average molecular weight is 255 g/mol. The second kappa shape index (κ2) is 4.68. The van der Waals surface area contributed by atoms with Crippen molar-refractivity contribution in [2.24, 2.45) is 0 Å². The Morgan fingerprint density at radius 1 is 1.31 bits per heavy atom. The van der Waals surface area contributed by atoms with Crippen molar-refractivity contribution < 1.29 is 4.79 Å². The van der Waals surface area contributed by atoms with E-state index >= 15 is 0 Å². The van der Waals surface area contributed by atoms with Gasteiger partial charge in [0.2, 0.25) is 0 Å². The molecule has 0 bridgehead atoms. The molecular weight excluding hydrogens is 247 g/mol. The Hall–Kier alpha value is -1.32. The third-order valence-electron chi connectivity index (χ3n) is 2.24. The number of aldehydes is 1. The van der Waals surface area contributed by atoms with Crippen LogP contribution < -0.4 is 0 Å². The topological polar surface area (TPSA) is 34.9 Å². The predicted molar refractivity (Wildman–Crippen MR) is 63.2 cm³/mol. The van der Waals surface area contributed by atoms with Crippen molar-refractivity contribution in [3.05, 3.63) is 52.0 Å². The normalized spacial score (nSPS) is 10.4. The van der Waals surface area contributed by atoms with E-state index in [9.17, 15) is 4.79 Å². The molecule has 0 fully saturated rings. The molecule has 82 valence electrons. The first-order valence-corrected chi connectivity index (χ1v) is 5.37. The molecule has 0 radical (unpaired) electrons. The van der Waals surface area contributed by atoms with Gasteiger partial charge in [-0.3, -0.25) is 4.79 Å². The lowest BCUT2D eigenvalue weighted by Crippen LogP contribution is -2.04. The van der Waals surface area contributed by atoms with Crippen LogP contribution in [-0.2, 0) is 6.54 Å². The van der Waals surface area contributed by atoms with Gasteiger partial charge in [0.1, 0.15) is 0 Å². The van der Waals surface area contributed by atoms with E-state index in [0.717, 1.165) is 5.56 Å². The fraction of sp³-hybridized carbons (Fsp3) is 0.0909. The van der Waals surface area contributed by atoms with Gasteiger partial charge in [-0.25, -0.2) is 4.98 Å². The Balaban J connectivity index is 2.37. The number of hydrogen-bond acceptors (Lipinski definition) is 2. The van der Waals surface area contributed by atoms with E-state index in [1.807, 2.05) is 0 Å². The number of nitrogens with zero attached hydrogens (tertiary/aromatic N) is 2. The van der Waals surface area contributed by atoms with Crippen molar-refractivity contribution in [1.29, 1.82) is 0 Å². The zero-order valence-corrected chi connectivity index (χ0v) is 9.74. The van der Waals surface area contributed by atoms with Crippen molar-refractivity contribution in [2.45, 2.75) is 6.54 Å². The molecule has 3 nitrogen and oxygen atoms in total. The zero-order chi connectivity index (χ0) is 11.5. The molecule has 0 aliphatic rings. The summed E-state index contributed by atoms with van der Waals surface area (Å²) in [6.45, 7) is 0.437. The standard InChI is InChI=1S/C11H8Cl2N2O/c12-9-2-1-3-10(13)8(9)6-15-5-4-14-11(15)7-16/h1-5,7H,6H2. The van der Waals surface area contributed by atoms with Gasteiger partial charge in [0.15, 0.2) is 12.1 Å². The van der Waals surface area contributed by atoms with E-state index in [4.69, 9.17) is 23.2 Å². The molecule has 2 rings (SSSR count). The van der Waals surface area contributed by atoms with Crippen LogP contribution in [-0.4, -0.2) is 15.8 Å². The van der Waals surface area contributed by atoms with Crippen LogP contribution in [0.4, 0.5) is 0 Å². The van der Waals surface area contributed by atoms with E-state index in [0.29, 0.717) is 28.7 Å². The van der Waals surface area contributed by atoms with Crippen molar-refractivity contribution in [3.63, 3.8) is 0 Å². The summed E-state index contributed by atoms with van der Waals surface area (Å²) in [4.78, 5) is 14.6. The fourth-order valence-corrected chi connectivity index (χ4v) is 1.94. The molecule has 0 saturated heterocycles. The number of aromatic nitrogens is 2. The maximum atomic E-state index is 10.7. The Kier molecular flexibility index (Phi) is 3.27.